The molecule has 4 aliphatic rings. The zero-order chi connectivity index (χ0) is 24.7. The Morgan fingerprint density at radius 3 is 2.47 bits per heavy atom. The van der Waals surface area contributed by atoms with E-state index in [4.69, 9.17) is 0 Å². The van der Waals surface area contributed by atoms with Crippen molar-refractivity contribution in [3.8, 4) is 0 Å². The number of hydrogen-bond donors (Lipinski definition) is 2. The average molecular weight is 476 g/mol. The van der Waals surface area contributed by atoms with E-state index in [-0.39, 0.29) is 29.8 Å². The molecular formula is C29H49NO4. The zero-order valence-electron chi connectivity index (χ0n) is 22.3. The van der Waals surface area contributed by atoms with Crippen molar-refractivity contribution in [1.82, 2.24) is 5.32 Å². The molecule has 194 valence electrons. The predicted octanol–water partition coefficient (Wildman–Crippen LogP) is 5.35. The Labute approximate surface area is 207 Å². The van der Waals surface area contributed by atoms with Crippen molar-refractivity contribution in [1.29, 1.82) is 0 Å². The molecule has 0 radical (unpaired) electrons. The standard InChI is InChI=1S/C29H49NO4/c1-18-10-13-28(3)20(16-18)17-24(31)27-22-8-7-21(29(22,4)14-11-23(27)28)19(2)6-9-25(32)30-15-12-26(33)34-5/h18-24,27,31H,6-17H2,1-5H3,(H,30,32). The lowest BCUT2D eigenvalue weighted by molar-refractivity contribution is -0.168. The number of methoxy groups -OCH3 is 1. The van der Waals surface area contributed by atoms with Gasteiger partial charge in [0.15, 0.2) is 0 Å². The summed E-state index contributed by atoms with van der Waals surface area (Å²) in [5.41, 5.74) is 0.706. The van der Waals surface area contributed by atoms with Crippen molar-refractivity contribution in [2.24, 2.45) is 52.3 Å². The molecule has 10 atom stereocenters. The van der Waals surface area contributed by atoms with Gasteiger partial charge in [0.05, 0.1) is 19.6 Å². The SMILES string of the molecule is COC(=O)CCNC(=O)CCC(C)C1CCC2C3C(O)CC4CC(C)CCC4(C)C3CCC12C. The minimum absolute atomic E-state index is 0.0346. The molecule has 0 spiro atoms. The molecule has 0 aromatic rings. The van der Waals surface area contributed by atoms with Gasteiger partial charge < -0.3 is 15.2 Å². The van der Waals surface area contributed by atoms with Gasteiger partial charge in [-0.15, -0.1) is 0 Å². The highest BCUT2D eigenvalue weighted by Crippen LogP contribution is 2.68. The molecule has 0 aromatic carbocycles. The Bertz CT molecular complexity index is 754. The summed E-state index contributed by atoms with van der Waals surface area (Å²) in [6.45, 7) is 10.2. The predicted molar refractivity (Wildman–Crippen MR) is 134 cm³/mol. The second-order valence-corrected chi connectivity index (χ2v) is 13.1. The highest BCUT2D eigenvalue weighted by Gasteiger charge is 2.62. The summed E-state index contributed by atoms with van der Waals surface area (Å²) in [6.07, 6.45) is 11.6. The second-order valence-electron chi connectivity index (χ2n) is 13.1. The quantitative estimate of drug-likeness (QED) is 0.487. The van der Waals surface area contributed by atoms with Gasteiger partial charge in [-0.25, -0.2) is 0 Å². The van der Waals surface area contributed by atoms with Crippen LogP contribution in [0.25, 0.3) is 0 Å². The lowest BCUT2D eigenvalue weighted by atomic mass is 9.43. The summed E-state index contributed by atoms with van der Waals surface area (Å²) in [6, 6.07) is 0. The molecule has 4 aliphatic carbocycles. The zero-order valence-corrected chi connectivity index (χ0v) is 22.3. The molecule has 0 aliphatic heterocycles. The molecule has 0 heterocycles. The van der Waals surface area contributed by atoms with Gasteiger partial charge in [-0.2, -0.15) is 0 Å². The van der Waals surface area contributed by atoms with Crippen LogP contribution in [0.2, 0.25) is 0 Å². The summed E-state index contributed by atoms with van der Waals surface area (Å²) < 4.78 is 4.64. The van der Waals surface area contributed by atoms with E-state index in [0.717, 1.165) is 18.8 Å². The summed E-state index contributed by atoms with van der Waals surface area (Å²) in [5.74, 6) is 4.15. The monoisotopic (exact) mass is 475 g/mol. The van der Waals surface area contributed by atoms with Crippen LogP contribution in [-0.2, 0) is 14.3 Å². The fourth-order valence-corrected chi connectivity index (χ4v) is 9.47. The Balaban J connectivity index is 1.37. The van der Waals surface area contributed by atoms with Crippen LogP contribution in [0.15, 0.2) is 0 Å². The fourth-order valence-electron chi connectivity index (χ4n) is 9.47. The number of fused-ring (bicyclic) bond motifs is 5. The van der Waals surface area contributed by atoms with Crippen molar-refractivity contribution in [3.63, 3.8) is 0 Å². The number of hydrogen-bond acceptors (Lipinski definition) is 4. The van der Waals surface area contributed by atoms with Crippen LogP contribution in [0, 0.1) is 52.3 Å². The maximum atomic E-state index is 12.3. The summed E-state index contributed by atoms with van der Waals surface area (Å²) in [7, 11) is 1.37. The van der Waals surface area contributed by atoms with Crippen molar-refractivity contribution in [2.45, 2.75) is 104 Å². The van der Waals surface area contributed by atoms with Gasteiger partial charge in [-0.05, 0) is 104 Å². The first-order valence-electron chi connectivity index (χ1n) is 14.1. The van der Waals surface area contributed by atoms with Gasteiger partial charge in [0.1, 0.15) is 0 Å². The molecule has 10 unspecified atom stereocenters. The molecule has 4 fully saturated rings. The van der Waals surface area contributed by atoms with E-state index in [1.54, 1.807) is 0 Å². The molecule has 5 nitrogen and oxygen atoms in total. The van der Waals surface area contributed by atoms with Crippen LogP contribution >= 0.6 is 0 Å². The molecule has 34 heavy (non-hydrogen) atoms. The number of esters is 1. The fraction of sp³-hybridized carbons (Fsp3) is 0.931. The van der Waals surface area contributed by atoms with E-state index in [0.29, 0.717) is 53.9 Å². The Morgan fingerprint density at radius 1 is 1.03 bits per heavy atom. The van der Waals surface area contributed by atoms with E-state index in [1.165, 1.54) is 52.1 Å². The summed E-state index contributed by atoms with van der Waals surface area (Å²) in [4.78, 5) is 23.6. The minimum Gasteiger partial charge on any atom is -0.469 e. The lowest BCUT2D eigenvalue weighted by Gasteiger charge is -2.62. The van der Waals surface area contributed by atoms with Crippen LogP contribution in [0.5, 0.6) is 0 Å². The van der Waals surface area contributed by atoms with Gasteiger partial charge in [0, 0.05) is 13.0 Å². The van der Waals surface area contributed by atoms with Crippen LogP contribution in [0.3, 0.4) is 0 Å². The molecule has 0 aromatic heterocycles. The van der Waals surface area contributed by atoms with Gasteiger partial charge in [0.25, 0.3) is 0 Å². The van der Waals surface area contributed by atoms with E-state index in [2.05, 4.69) is 37.7 Å². The average Bonchev–Trinajstić information content (AvgIpc) is 3.15. The van der Waals surface area contributed by atoms with Crippen molar-refractivity contribution < 1.29 is 19.4 Å². The number of ether oxygens (including phenoxy) is 1. The Hall–Kier alpha value is -1.10. The highest BCUT2D eigenvalue weighted by atomic mass is 16.5. The third-order valence-corrected chi connectivity index (χ3v) is 11.4. The molecule has 0 saturated heterocycles. The van der Waals surface area contributed by atoms with E-state index in [9.17, 15) is 14.7 Å². The molecule has 2 N–H and O–H groups in total. The topological polar surface area (TPSA) is 75.6 Å². The molecule has 0 bridgehead atoms. The van der Waals surface area contributed by atoms with E-state index >= 15 is 0 Å². The first-order valence-corrected chi connectivity index (χ1v) is 14.1. The smallest absolute Gasteiger partial charge is 0.307 e. The summed E-state index contributed by atoms with van der Waals surface area (Å²) >= 11 is 0. The van der Waals surface area contributed by atoms with Gasteiger partial charge in [0.2, 0.25) is 5.91 Å². The van der Waals surface area contributed by atoms with Crippen LogP contribution in [-0.4, -0.2) is 36.7 Å². The maximum absolute atomic E-state index is 12.3. The van der Waals surface area contributed by atoms with Gasteiger partial charge >= 0.3 is 5.97 Å². The van der Waals surface area contributed by atoms with E-state index in [1.807, 2.05) is 0 Å². The molecule has 5 heteroatoms. The van der Waals surface area contributed by atoms with Gasteiger partial charge in [-0.1, -0.05) is 34.1 Å². The van der Waals surface area contributed by atoms with Crippen molar-refractivity contribution in [3.05, 3.63) is 0 Å². The Kier molecular flexibility index (Phi) is 7.72. The molecule has 4 saturated carbocycles. The Morgan fingerprint density at radius 2 is 1.74 bits per heavy atom. The second kappa shape index (κ2) is 10.1. The molecule has 4 rings (SSSR count). The number of carbonyl (C=O) groups excluding carboxylic acids is 2. The van der Waals surface area contributed by atoms with Crippen molar-refractivity contribution in [2.75, 3.05) is 13.7 Å². The first kappa shape index (κ1) is 26.0. The number of aliphatic hydroxyl groups is 1. The number of aliphatic hydroxyl groups excluding tert-OH is 1. The third kappa shape index (κ3) is 4.67. The number of amides is 1. The number of nitrogens with one attached hydrogen (secondary N) is 1. The number of carbonyl (C=O) groups is 2. The first-order chi connectivity index (χ1) is 16.1. The van der Waals surface area contributed by atoms with E-state index < -0.39 is 0 Å². The molecule has 1 amide bonds. The third-order valence-electron chi connectivity index (χ3n) is 11.4. The number of rotatable bonds is 7. The van der Waals surface area contributed by atoms with Gasteiger partial charge in [-0.3, -0.25) is 9.59 Å². The molecular weight excluding hydrogens is 426 g/mol. The highest BCUT2D eigenvalue weighted by molar-refractivity contribution is 5.77. The summed E-state index contributed by atoms with van der Waals surface area (Å²) in [5, 5.41) is 14.3. The van der Waals surface area contributed by atoms with Crippen LogP contribution in [0.1, 0.15) is 98.3 Å². The largest absolute Gasteiger partial charge is 0.469 e. The minimum atomic E-state index is -0.290. The maximum Gasteiger partial charge on any atom is 0.307 e. The normalized spacial score (nSPS) is 44.4. The van der Waals surface area contributed by atoms with Crippen LogP contribution < -0.4 is 5.32 Å². The lowest BCUT2D eigenvalue weighted by Crippen LogP contribution is -2.58. The van der Waals surface area contributed by atoms with Crippen LogP contribution in [0.4, 0.5) is 0 Å². The van der Waals surface area contributed by atoms with Crippen molar-refractivity contribution >= 4 is 11.9 Å².